The van der Waals surface area contributed by atoms with Crippen LogP contribution >= 0.6 is 12.4 Å². The van der Waals surface area contributed by atoms with Crippen LogP contribution in [0.15, 0.2) is 30.5 Å². The number of pyridine rings is 1. The van der Waals surface area contributed by atoms with Crippen LogP contribution in [0.4, 0.5) is 5.69 Å². The van der Waals surface area contributed by atoms with Crippen LogP contribution in [0, 0.1) is 0 Å². The molecule has 0 aliphatic carbocycles. The van der Waals surface area contributed by atoms with Crippen LogP contribution in [0.25, 0.3) is 10.9 Å². The van der Waals surface area contributed by atoms with E-state index in [1.54, 1.807) is 7.11 Å². The molecule has 4 nitrogen and oxygen atoms in total. The van der Waals surface area contributed by atoms with Crippen molar-refractivity contribution in [3.05, 3.63) is 30.5 Å². The van der Waals surface area contributed by atoms with Crippen molar-refractivity contribution in [3.8, 4) is 5.75 Å². The van der Waals surface area contributed by atoms with Gasteiger partial charge in [0.1, 0.15) is 5.75 Å². The lowest BCUT2D eigenvalue weighted by atomic mass is 10.1. The standard InChI is InChI=1S/C20H31N3O.ClH/c1-5-7-12-23(16(3)6-2)13-11-21-19-15-18(24-4)14-17-9-8-10-22-20(17)19;/h8-10,14-16,21H,5-7,11-13H2,1-4H3;1H. The van der Waals surface area contributed by atoms with Crippen molar-refractivity contribution in [1.29, 1.82) is 0 Å². The number of rotatable bonds is 10. The second kappa shape index (κ2) is 11.2. The molecule has 2 rings (SSSR count). The third-order valence-corrected chi connectivity index (χ3v) is 4.64. The number of unbranched alkanes of at least 4 members (excludes halogenated alkanes) is 1. The van der Waals surface area contributed by atoms with E-state index in [0.717, 1.165) is 35.4 Å². The molecular formula is C20H32ClN3O. The number of methoxy groups -OCH3 is 1. The molecule has 0 radical (unpaired) electrons. The molecule has 140 valence electrons. The Bertz CT molecular complexity index is 635. The molecule has 0 amide bonds. The molecule has 5 heteroatoms. The third kappa shape index (κ3) is 6.05. The number of fused-ring (bicyclic) bond motifs is 1. The Balaban J connectivity index is 0.00000312. The molecular weight excluding hydrogens is 334 g/mol. The Morgan fingerprint density at radius 2 is 2.04 bits per heavy atom. The van der Waals surface area contributed by atoms with Crippen LogP contribution < -0.4 is 10.1 Å². The van der Waals surface area contributed by atoms with Gasteiger partial charge in [-0.15, -0.1) is 12.4 Å². The lowest BCUT2D eigenvalue weighted by molar-refractivity contribution is 0.208. The maximum absolute atomic E-state index is 5.42. The quantitative estimate of drug-likeness (QED) is 0.644. The van der Waals surface area contributed by atoms with Gasteiger partial charge < -0.3 is 10.1 Å². The largest absolute Gasteiger partial charge is 0.497 e. The van der Waals surface area contributed by atoms with Gasteiger partial charge in [0.25, 0.3) is 0 Å². The predicted octanol–water partition coefficient (Wildman–Crippen LogP) is 4.98. The van der Waals surface area contributed by atoms with Gasteiger partial charge in [0, 0.05) is 36.8 Å². The van der Waals surface area contributed by atoms with Gasteiger partial charge in [-0.05, 0) is 38.4 Å². The first-order chi connectivity index (χ1) is 11.7. The van der Waals surface area contributed by atoms with Gasteiger partial charge in [-0.25, -0.2) is 0 Å². The summed E-state index contributed by atoms with van der Waals surface area (Å²) in [5, 5.41) is 4.67. The normalized spacial score (nSPS) is 12.0. The van der Waals surface area contributed by atoms with Crippen LogP contribution in [0.2, 0.25) is 0 Å². The molecule has 2 aromatic rings. The molecule has 0 saturated carbocycles. The minimum Gasteiger partial charge on any atom is -0.497 e. The molecule has 25 heavy (non-hydrogen) atoms. The summed E-state index contributed by atoms with van der Waals surface area (Å²) in [6.07, 6.45) is 5.53. The summed E-state index contributed by atoms with van der Waals surface area (Å²) in [5.41, 5.74) is 2.05. The number of aromatic nitrogens is 1. The molecule has 0 spiro atoms. The number of halogens is 1. The monoisotopic (exact) mass is 365 g/mol. The van der Waals surface area contributed by atoms with Gasteiger partial charge in [0.2, 0.25) is 0 Å². The van der Waals surface area contributed by atoms with Crippen LogP contribution in [0.3, 0.4) is 0 Å². The van der Waals surface area contributed by atoms with Gasteiger partial charge in [-0.1, -0.05) is 26.3 Å². The van der Waals surface area contributed by atoms with Crippen LogP contribution in [0.1, 0.15) is 40.0 Å². The Morgan fingerprint density at radius 1 is 1.24 bits per heavy atom. The van der Waals surface area contributed by atoms with Crippen molar-refractivity contribution in [2.45, 2.75) is 46.1 Å². The number of hydrogen-bond donors (Lipinski definition) is 1. The van der Waals surface area contributed by atoms with E-state index in [-0.39, 0.29) is 12.4 Å². The zero-order valence-corrected chi connectivity index (χ0v) is 16.7. The highest BCUT2D eigenvalue weighted by Gasteiger charge is 2.12. The van der Waals surface area contributed by atoms with E-state index in [1.165, 1.54) is 25.8 Å². The minimum atomic E-state index is 0. The Morgan fingerprint density at radius 3 is 2.72 bits per heavy atom. The van der Waals surface area contributed by atoms with Crippen LogP contribution in [0.5, 0.6) is 5.75 Å². The van der Waals surface area contributed by atoms with Crippen molar-refractivity contribution in [2.24, 2.45) is 0 Å². The van der Waals surface area contributed by atoms with E-state index in [0.29, 0.717) is 6.04 Å². The molecule has 0 saturated heterocycles. The lowest BCUT2D eigenvalue weighted by Crippen LogP contribution is -2.37. The fourth-order valence-corrected chi connectivity index (χ4v) is 2.92. The van der Waals surface area contributed by atoms with Crippen molar-refractivity contribution in [3.63, 3.8) is 0 Å². The van der Waals surface area contributed by atoms with Crippen LogP contribution in [-0.2, 0) is 0 Å². The topological polar surface area (TPSA) is 37.4 Å². The number of nitrogens with zero attached hydrogens (tertiary/aromatic N) is 2. The molecule has 1 atom stereocenters. The van der Waals surface area contributed by atoms with Crippen molar-refractivity contribution < 1.29 is 4.74 Å². The van der Waals surface area contributed by atoms with Gasteiger partial charge >= 0.3 is 0 Å². The Labute approximate surface area is 158 Å². The van der Waals surface area contributed by atoms with Crippen molar-refractivity contribution >= 4 is 29.0 Å². The van der Waals surface area contributed by atoms with Gasteiger partial charge in [0.05, 0.1) is 18.3 Å². The Kier molecular flexibility index (Phi) is 9.61. The smallest absolute Gasteiger partial charge is 0.121 e. The average molecular weight is 366 g/mol. The van der Waals surface area contributed by atoms with Gasteiger partial charge in [0.15, 0.2) is 0 Å². The molecule has 0 aliphatic rings. The number of anilines is 1. The summed E-state index contributed by atoms with van der Waals surface area (Å²) in [5.74, 6) is 0.864. The minimum absolute atomic E-state index is 0. The SMILES string of the molecule is CCCCN(CCNc1cc(OC)cc2cccnc12)C(C)CC.Cl. The zero-order chi connectivity index (χ0) is 17.4. The summed E-state index contributed by atoms with van der Waals surface area (Å²) < 4.78 is 5.42. The fourth-order valence-electron chi connectivity index (χ4n) is 2.92. The molecule has 1 heterocycles. The van der Waals surface area contributed by atoms with E-state index >= 15 is 0 Å². The van der Waals surface area contributed by atoms with Crippen molar-refractivity contribution in [2.75, 3.05) is 32.1 Å². The summed E-state index contributed by atoms with van der Waals surface area (Å²) in [6, 6.07) is 8.72. The first-order valence-corrected chi connectivity index (χ1v) is 9.10. The summed E-state index contributed by atoms with van der Waals surface area (Å²) >= 11 is 0. The highest BCUT2D eigenvalue weighted by Crippen LogP contribution is 2.27. The third-order valence-electron chi connectivity index (χ3n) is 4.64. The van der Waals surface area contributed by atoms with E-state index in [1.807, 2.05) is 24.4 Å². The van der Waals surface area contributed by atoms with Gasteiger partial charge in [-0.3, -0.25) is 9.88 Å². The van der Waals surface area contributed by atoms with E-state index in [4.69, 9.17) is 4.74 Å². The number of benzene rings is 1. The maximum Gasteiger partial charge on any atom is 0.121 e. The second-order valence-electron chi connectivity index (χ2n) is 6.32. The molecule has 1 aromatic carbocycles. The molecule has 0 fully saturated rings. The van der Waals surface area contributed by atoms with E-state index in [2.05, 4.69) is 42.0 Å². The number of nitrogens with one attached hydrogen (secondary N) is 1. The predicted molar refractivity (Wildman–Crippen MR) is 110 cm³/mol. The Hall–Kier alpha value is -1.52. The molecule has 0 aliphatic heterocycles. The summed E-state index contributed by atoms with van der Waals surface area (Å²) in [7, 11) is 1.71. The lowest BCUT2D eigenvalue weighted by Gasteiger charge is -2.28. The molecule has 0 bridgehead atoms. The molecule has 1 N–H and O–H groups in total. The summed E-state index contributed by atoms with van der Waals surface area (Å²) in [6.45, 7) is 9.95. The number of hydrogen-bond acceptors (Lipinski definition) is 4. The summed E-state index contributed by atoms with van der Waals surface area (Å²) in [4.78, 5) is 7.10. The zero-order valence-electron chi connectivity index (χ0n) is 15.9. The van der Waals surface area contributed by atoms with Gasteiger partial charge in [-0.2, -0.15) is 0 Å². The first-order valence-electron chi connectivity index (χ1n) is 9.10. The second-order valence-corrected chi connectivity index (χ2v) is 6.32. The first kappa shape index (κ1) is 21.5. The average Bonchev–Trinajstić information content (AvgIpc) is 2.63. The van der Waals surface area contributed by atoms with Crippen molar-refractivity contribution in [1.82, 2.24) is 9.88 Å². The molecule has 1 aromatic heterocycles. The fraction of sp³-hybridized carbons (Fsp3) is 0.550. The highest BCUT2D eigenvalue weighted by atomic mass is 35.5. The van der Waals surface area contributed by atoms with E-state index in [9.17, 15) is 0 Å². The van der Waals surface area contributed by atoms with Crippen LogP contribution in [-0.4, -0.2) is 42.7 Å². The maximum atomic E-state index is 5.42. The molecule has 1 unspecified atom stereocenters. The highest BCUT2D eigenvalue weighted by molar-refractivity contribution is 5.91. The number of ether oxygens (including phenoxy) is 1. The van der Waals surface area contributed by atoms with E-state index < -0.39 is 0 Å².